The maximum Gasteiger partial charge on any atom is 0.410 e. The standard InChI is InChI=1S/C23H31N3O3/c1-23(2,3)29-22(28)26-14-11-20(12-15-26)25-21(27)24-13-10-17-8-9-18-6-4-5-7-19(18)16-17/h4-9,16,20H,10-15H2,1-3H3,(H2,24,25,27). The van der Waals surface area contributed by atoms with Crippen LogP contribution in [0.3, 0.4) is 0 Å². The van der Waals surface area contributed by atoms with E-state index in [4.69, 9.17) is 4.74 Å². The Balaban J connectivity index is 1.37. The zero-order chi connectivity index (χ0) is 20.9. The smallest absolute Gasteiger partial charge is 0.410 e. The minimum Gasteiger partial charge on any atom is -0.444 e. The summed E-state index contributed by atoms with van der Waals surface area (Å²) in [7, 11) is 0. The second-order valence-electron chi connectivity index (χ2n) is 8.57. The highest BCUT2D eigenvalue weighted by atomic mass is 16.6. The van der Waals surface area contributed by atoms with Crippen LogP contribution in [0.5, 0.6) is 0 Å². The molecule has 1 saturated heterocycles. The van der Waals surface area contributed by atoms with Crippen LogP contribution in [0, 0.1) is 0 Å². The molecule has 0 spiro atoms. The Hall–Kier alpha value is -2.76. The van der Waals surface area contributed by atoms with Crippen molar-refractivity contribution in [3.8, 4) is 0 Å². The molecule has 1 aliphatic rings. The Morgan fingerprint density at radius 1 is 1.07 bits per heavy atom. The van der Waals surface area contributed by atoms with Gasteiger partial charge in [0.2, 0.25) is 0 Å². The van der Waals surface area contributed by atoms with Gasteiger partial charge >= 0.3 is 12.1 Å². The molecule has 6 nitrogen and oxygen atoms in total. The molecule has 0 unspecified atom stereocenters. The van der Waals surface area contributed by atoms with Gasteiger partial charge in [0.05, 0.1) is 0 Å². The van der Waals surface area contributed by atoms with Crippen molar-refractivity contribution in [1.29, 1.82) is 0 Å². The van der Waals surface area contributed by atoms with Crippen LogP contribution >= 0.6 is 0 Å². The second-order valence-corrected chi connectivity index (χ2v) is 8.57. The molecule has 0 saturated carbocycles. The van der Waals surface area contributed by atoms with E-state index in [9.17, 15) is 9.59 Å². The number of likely N-dealkylation sites (tertiary alicyclic amines) is 1. The number of benzene rings is 2. The van der Waals surface area contributed by atoms with E-state index in [0.717, 1.165) is 19.3 Å². The predicted octanol–water partition coefficient (Wildman–Crippen LogP) is 4.08. The fraction of sp³-hybridized carbons (Fsp3) is 0.478. The highest BCUT2D eigenvalue weighted by Crippen LogP contribution is 2.16. The SMILES string of the molecule is CC(C)(C)OC(=O)N1CCC(NC(=O)NCCc2ccc3ccccc3c2)CC1. The van der Waals surface area contributed by atoms with Gasteiger partial charge in [-0.25, -0.2) is 9.59 Å². The summed E-state index contributed by atoms with van der Waals surface area (Å²) in [5.74, 6) is 0. The molecule has 0 aliphatic carbocycles. The van der Waals surface area contributed by atoms with E-state index in [0.29, 0.717) is 19.6 Å². The Morgan fingerprint density at radius 2 is 1.76 bits per heavy atom. The maximum absolute atomic E-state index is 12.2. The fourth-order valence-electron chi connectivity index (χ4n) is 3.48. The summed E-state index contributed by atoms with van der Waals surface area (Å²) >= 11 is 0. The molecule has 156 valence electrons. The summed E-state index contributed by atoms with van der Waals surface area (Å²) in [6.45, 7) is 7.36. The molecule has 6 heteroatoms. The van der Waals surface area contributed by atoms with Crippen molar-refractivity contribution in [3.63, 3.8) is 0 Å². The van der Waals surface area contributed by atoms with E-state index < -0.39 is 5.60 Å². The minimum atomic E-state index is -0.489. The van der Waals surface area contributed by atoms with Crippen LogP contribution in [0.1, 0.15) is 39.2 Å². The Kier molecular flexibility index (Phi) is 6.62. The third-order valence-electron chi connectivity index (χ3n) is 4.99. The van der Waals surface area contributed by atoms with E-state index in [1.54, 1.807) is 4.90 Å². The first-order chi connectivity index (χ1) is 13.8. The predicted molar refractivity (Wildman–Crippen MR) is 115 cm³/mol. The van der Waals surface area contributed by atoms with E-state index >= 15 is 0 Å². The number of ether oxygens (including phenoxy) is 1. The van der Waals surface area contributed by atoms with Crippen LogP contribution in [-0.2, 0) is 11.2 Å². The number of carbonyl (C=O) groups excluding carboxylic acids is 2. The van der Waals surface area contributed by atoms with Crippen LogP contribution in [0.4, 0.5) is 9.59 Å². The third kappa shape index (κ3) is 6.38. The summed E-state index contributed by atoms with van der Waals surface area (Å²) in [5.41, 5.74) is 0.714. The van der Waals surface area contributed by atoms with Crippen molar-refractivity contribution >= 4 is 22.9 Å². The van der Waals surface area contributed by atoms with E-state index in [1.807, 2.05) is 32.9 Å². The van der Waals surface area contributed by atoms with Gasteiger partial charge in [0.1, 0.15) is 5.60 Å². The van der Waals surface area contributed by atoms with Gasteiger partial charge in [0.15, 0.2) is 0 Å². The van der Waals surface area contributed by atoms with Gasteiger partial charge in [-0.3, -0.25) is 0 Å². The number of urea groups is 1. The van der Waals surface area contributed by atoms with Gasteiger partial charge < -0.3 is 20.3 Å². The summed E-state index contributed by atoms with van der Waals surface area (Å²) < 4.78 is 5.40. The molecule has 29 heavy (non-hydrogen) atoms. The molecule has 2 aromatic rings. The lowest BCUT2D eigenvalue weighted by Gasteiger charge is -2.33. The number of fused-ring (bicyclic) bond motifs is 1. The first-order valence-corrected chi connectivity index (χ1v) is 10.3. The molecule has 0 bridgehead atoms. The van der Waals surface area contributed by atoms with Crippen molar-refractivity contribution in [2.75, 3.05) is 19.6 Å². The summed E-state index contributed by atoms with van der Waals surface area (Å²) in [6, 6.07) is 14.6. The second kappa shape index (κ2) is 9.16. The molecule has 3 amide bonds. The normalized spacial score (nSPS) is 15.2. The number of nitrogens with zero attached hydrogens (tertiary/aromatic N) is 1. The van der Waals surface area contributed by atoms with Crippen LogP contribution < -0.4 is 10.6 Å². The number of nitrogens with one attached hydrogen (secondary N) is 2. The Labute approximate surface area is 172 Å². The van der Waals surface area contributed by atoms with Gasteiger partial charge in [-0.2, -0.15) is 0 Å². The van der Waals surface area contributed by atoms with E-state index in [-0.39, 0.29) is 18.2 Å². The fourth-order valence-corrected chi connectivity index (χ4v) is 3.48. The largest absolute Gasteiger partial charge is 0.444 e. The molecule has 1 aliphatic heterocycles. The topological polar surface area (TPSA) is 70.7 Å². The quantitative estimate of drug-likeness (QED) is 0.817. The lowest BCUT2D eigenvalue weighted by atomic mass is 10.1. The van der Waals surface area contributed by atoms with Gasteiger partial charge in [-0.1, -0.05) is 42.5 Å². The summed E-state index contributed by atoms with van der Waals surface area (Å²) in [4.78, 5) is 26.0. The third-order valence-corrected chi connectivity index (χ3v) is 4.99. The van der Waals surface area contributed by atoms with Crippen molar-refractivity contribution < 1.29 is 14.3 Å². The first-order valence-electron chi connectivity index (χ1n) is 10.3. The van der Waals surface area contributed by atoms with Gasteiger partial charge in [-0.15, -0.1) is 0 Å². The van der Waals surface area contributed by atoms with Crippen LogP contribution in [0.15, 0.2) is 42.5 Å². The number of rotatable bonds is 4. The lowest BCUT2D eigenvalue weighted by molar-refractivity contribution is 0.0201. The molecular formula is C23H31N3O3. The molecule has 1 heterocycles. The molecule has 0 radical (unpaired) electrons. The van der Waals surface area contributed by atoms with Crippen molar-refractivity contribution in [3.05, 3.63) is 48.0 Å². The monoisotopic (exact) mass is 397 g/mol. The molecule has 3 rings (SSSR count). The number of hydrogen-bond donors (Lipinski definition) is 2. The highest BCUT2D eigenvalue weighted by Gasteiger charge is 2.27. The van der Waals surface area contributed by atoms with Crippen molar-refractivity contribution in [1.82, 2.24) is 15.5 Å². The Morgan fingerprint density at radius 3 is 2.45 bits per heavy atom. The molecular weight excluding hydrogens is 366 g/mol. The molecule has 2 aromatic carbocycles. The number of hydrogen-bond acceptors (Lipinski definition) is 3. The van der Waals surface area contributed by atoms with Gasteiger partial charge in [0.25, 0.3) is 0 Å². The van der Waals surface area contributed by atoms with Gasteiger partial charge in [-0.05, 0) is 56.4 Å². The first kappa shape index (κ1) is 21.0. The van der Waals surface area contributed by atoms with Gasteiger partial charge in [0, 0.05) is 25.7 Å². The van der Waals surface area contributed by atoms with Crippen LogP contribution in [-0.4, -0.2) is 48.3 Å². The van der Waals surface area contributed by atoms with Crippen LogP contribution in [0.2, 0.25) is 0 Å². The highest BCUT2D eigenvalue weighted by molar-refractivity contribution is 5.83. The Bertz CT molecular complexity index is 852. The number of piperidine rings is 1. The zero-order valence-corrected chi connectivity index (χ0v) is 17.5. The van der Waals surface area contributed by atoms with Crippen molar-refractivity contribution in [2.45, 2.75) is 51.7 Å². The molecule has 2 N–H and O–H groups in total. The average molecular weight is 398 g/mol. The lowest BCUT2D eigenvalue weighted by Crippen LogP contribution is -2.50. The number of amides is 3. The average Bonchev–Trinajstić information content (AvgIpc) is 2.67. The zero-order valence-electron chi connectivity index (χ0n) is 17.5. The van der Waals surface area contributed by atoms with Crippen molar-refractivity contribution in [2.24, 2.45) is 0 Å². The molecule has 0 aromatic heterocycles. The summed E-state index contributed by atoms with van der Waals surface area (Å²) in [6.07, 6.45) is 1.97. The minimum absolute atomic E-state index is 0.0781. The maximum atomic E-state index is 12.2. The van der Waals surface area contributed by atoms with Crippen LogP contribution in [0.25, 0.3) is 10.8 Å². The van der Waals surface area contributed by atoms with E-state index in [1.165, 1.54) is 16.3 Å². The van der Waals surface area contributed by atoms with E-state index in [2.05, 4.69) is 41.0 Å². The molecule has 0 atom stereocenters. The summed E-state index contributed by atoms with van der Waals surface area (Å²) in [5, 5.41) is 8.39. The molecule has 1 fully saturated rings. The number of carbonyl (C=O) groups is 2.